The van der Waals surface area contributed by atoms with Gasteiger partial charge in [-0.1, -0.05) is 17.8 Å². The number of phenols is 1. The molecule has 3 rings (SSSR count). The SMILES string of the molecule is Cc1csc(Sc2ccc(C(=O)NCCCNC(=O)c3cccc(O)c3)cc2[N+](=O)[O-])n1. The Labute approximate surface area is 192 Å². The number of phenolic OH excluding ortho intramolecular Hbond substituents is 1. The Morgan fingerprint density at radius 1 is 1.12 bits per heavy atom. The second-order valence-corrected chi connectivity index (χ2v) is 8.86. The number of benzene rings is 2. The number of carbonyl (C=O) groups is 2. The van der Waals surface area contributed by atoms with Gasteiger partial charge in [0.1, 0.15) is 5.75 Å². The van der Waals surface area contributed by atoms with E-state index in [9.17, 15) is 24.8 Å². The standard InChI is InChI=1S/C21H20N4O5S2/c1-13-12-31-21(24-13)32-18-7-6-15(11-17(18)25(29)30)20(28)23-9-3-8-22-19(27)14-4-2-5-16(26)10-14/h2,4-7,10-12,26H,3,8-9H2,1H3,(H,22,27)(H,23,28). The molecule has 9 nitrogen and oxygen atoms in total. The predicted molar refractivity (Wildman–Crippen MR) is 121 cm³/mol. The molecule has 0 unspecified atom stereocenters. The smallest absolute Gasteiger partial charge is 0.284 e. The van der Waals surface area contributed by atoms with Gasteiger partial charge < -0.3 is 15.7 Å². The predicted octanol–water partition coefficient (Wildman–Crippen LogP) is 3.77. The van der Waals surface area contributed by atoms with Gasteiger partial charge >= 0.3 is 0 Å². The zero-order valence-electron chi connectivity index (χ0n) is 17.0. The van der Waals surface area contributed by atoms with Crippen LogP contribution < -0.4 is 10.6 Å². The Balaban J connectivity index is 1.51. The Bertz CT molecular complexity index is 1150. The van der Waals surface area contributed by atoms with Crippen molar-refractivity contribution in [3.8, 4) is 5.75 Å². The minimum absolute atomic E-state index is 0.00481. The van der Waals surface area contributed by atoms with E-state index in [4.69, 9.17) is 0 Å². The molecule has 0 aliphatic carbocycles. The number of carbonyl (C=O) groups excluding carboxylic acids is 2. The second-order valence-electron chi connectivity index (χ2n) is 6.71. The minimum Gasteiger partial charge on any atom is -0.508 e. The molecular formula is C21H20N4O5S2. The van der Waals surface area contributed by atoms with Crippen LogP contribution in [0.3, 0.4) is 0 Å². The van der Waals surface area contributed by atoms with Crippen molar-refractivity contribution in [1.82, 2.24) is 15.6 Å². The van der Waals surface area contributed by atoms with Gasteiger partial charge in [-0.2, -0.15) is 0 Å². The highest BCUT2D eigenvalue weighted by atomic mass is 32.2. The summed E-state index contributed by atoms with van der Waals surface area (Å²) in [5, 5.41) is 28.1. The number of nitro groups is 1. The lowest BCUT2D eigenvalue weighted by atomic mass is 10.2. The molecule has 1 heterocycles. The first-order chi connectivity index (χ1) is 15.3. The number of rotatable bonds is 9. The maximum Gasteiger partial charge on any atom is 0.284 e. The first kappa shape index (κ1) is 23.2. The fourth-order valence-corrected chi connectivity index (χ4v) is 4.58. The number of hydrogen-bond acceptors (Lipinski definition) is 8. The van der Waals surface area contributed by atoms with Crippen molar-refractivity contribution in [2.24, 2.45) is 0 Å². The molecule has 0 bridgehead atoms. The Kier molecular flexibility index (Phi) is 7.79. The number of nitrogens with one attached hydrogen (secondary N) is 2. The molecule has 3 aromatic rings. The molecule has 0 atom stereocenters. The molecule has 0 saturated carbocycles. The molecule has 0 fully saturated rings. The molecule has 11 heteroatoms. The molecule has 2 aromatic carbocycles. The van der Waals surface area contributed by atoms with Crippen LogP contribution in [0.25, 0.3) is 0 Å². The van der Waals surface area contributed by atoms with Crippen molar-refractivity contribution >= 4 is 40.6 Å². The molecule has 166 valence electrons. The van der Waals surface area contributed by atoms with E-state index in [1.165, 1.54) is 47.4 Å². The topological polar surface area (TPSA) is 134 Å². The number of nitro benzene ring substituents is 1. The highest BCUT2D eigenvalue weighted by molar-refractivity contribution is 8.01. The number of aryl methyl sites for hydroxylation is 1. The van der Waals surface area contributed by atoms with Gasteiger partial charge in [-0.25, -0.2) is 4.98 Å². The molecule has 2 amide bonds. The summed E-state index contributed by atoms with van der Waals surface area (Å²) in [6.45, 7) is 2.44. The highest BCUT2D eigenvalue weighted by Crippen LogP contribution is 2.36. The van der Waals surface area contributed by atoms with Crippen molar-refractivity contribution in [2.75, 3.05) is 13.1 Å². The fraction of sp³-hybridized carbons (Fsp3) is 0.190. The summed E-state index contributed by atoms with van der Waals surface area (Å²) >= 11 is 2.59. The van der Waals surface area contributed by atoms with Crippen LogP contribution in [0.4, 0.5) is 5.69 Å². The molecule has 32 heavy (non-hydrogen) atoms. The number of amides is 2. The maximum absolute atomic E-state index is 12.4. The van der Waals surface area contributed by atoms with Gasteiger partial charge in [-0.05, 0) is 43.7 Å². The summed E-state index contributed by atoms with van der Waals surface area (Å²) < 4.78 is 0.690. The van der Waals surface area contributed by atoms with Crippen molar-refractivity contribution < 1.29 is 19.6 Å². The van der Waals surface area contributed by atoms with E-state index in [1.807, 2.05) is 12.3 Å². The van der Waals surface area contributed by atoms with Crippen LogP contribution in [0, 0.1) is 17.0 Å². The zero-order chi connectivity index (χ0) is 23.1. The lowest BCUT2D eigenvalue weighted by molar-refractivity contribution is -0.387. The summed E-state index contributed by atoms with van der Waals surface area (Å²) in [7, 11) is 0. The van der Waals surface area contributed by atoms with Crippen LogP contribution in [0.15, 0.2) is 57.1 Å². The molecule has 0 saturated heterocycles. The quantitative estimate of drug-likeness (QED) is 0.245. The Morgan fingerprint density at radius 3 is 2.41 bits per heavy atom. The molecule has 1 aromatic heterocycles. The minimum atomic E-state index is -0.517. The Morgan fingerprint density at radius 2 is 1.81 bits per heavy atom. The second kappa shape index (κ2) is 10.7. The van der Waals surface area contributed by atoms with Gasteiger partial charge in [-0.15, -0.1) is 11.3 Å². The van der Waals surface area contributed by atoms with E-state index >= 15 is 0 Å². The molecule has 0 aliphatic heterocycles. The van der Waals surface area contributed by atoms with Gasteiger partial charge in [0.2, 0.25) is 0 Å². The van der Waals surface area contributed by atoms with E-state index < -0.39 is 10.8 Å². The van der Waals surface area contributed by atoms with E-state index in [2.05, 4.69) is 15.6 Å². The van der Waals surface area contributed by atoms with Crippen LogP contribution in [0.5, 0.6) is 5.75 Å². The first-order valence-electron chi connectivity index (χ1n) is 9.57. The molecule has 3 N–H and O–H groups in total. The van der Waals surface area contributed by atoms with Crippen molar-refractivity contribution in [3.05, 3.63) is 74.8 Å². The summed E-state index contributed by atoms with van der Waals surface area (Å²) in [5.74, 6) is -0.759. The summed E-state index contributed by atoms with van der Waals surface area (Å²) in [5.41, 5.74) is 1.20. The van der Waals surface area contributed by atoms with Crippen LogP contribution in [-0.2, 0) is 0 Å². The maximum atomic E-state index is 12.4. The number of thiazole rings is 1. The van der Waals surface area contributed by atoms with E-state index in [1.54, 1.807) is 18.2 Å². The summed E-state index contributed by atoms with van der Waals surface area (Å²) in [4.78, 5) is 40.1. The summed E-state index contributed by atoms with van der Waals surface area (Å²) in [6.07, 6.45) is 0.468. The molecule has 0 radical (unpaired) electrons. The lowest BCUT2D eigenvalue weighted by Crippen LogP contribution is -2.29. The lowest BCUT2D eigenvalue weighted by Gasteiger charge is -2.08. The molecule has 0 spiro atoms. The third kappa shape index (κ3) is 6.28. The zero-order valence-corrected chi connectivity index (χ0v) is 18.7. The first-order valence-corrected chi connectivity index (χ1v) is 11.3. The normalized spacial score (nSPS) is 10.5. The molecule has 0 aliphatic rings. The van der Waals surface area contributed by atoms with Gasteiger partial charge in [-0.3, -0.25) is 19.7 Å². The van der Waals surface area contributed by atoms with Crippen molar-refractivity contribution in [3.63, 3.8) is 0 Å². The van der Waals surface area contributed by atoms with E-state index in [0.29, 0.717) is 27.8 Å². The number of hydrogen-bond donors (Lipinski definition) is 3. The van der Waals surface area contributed by atoms with Crippen molar-refractivity contribution in [1.29, 1.82) is 0 Å². The van der Waals surface area contributed by atoms with E-state index in [-0.39, 0.29) is 29.5 Å². The average molecular weight is 473 g/mol. The highest BCUT2D eigenvalue weighted by Gasteiger charge is 2.19. The number of nitrogens with zero attached hydrogens (tertiary/aromatic N) is 2. The fourth-order valence-electron chi connectivity index (χ4n) is 2.70. The van der Waals surface area contributed by atoms with Gasteiger partial charge in [0, 0.05) is 41.4 Å². The van der Waals surface area contributed by atoms with Crippen LogP contribution in [0.2, 0.25) is 0 Å². The monoisotopic (exact) mass is 472 g/mol. The van der Waals surface area contributed by atoms with E-state index in [0.717, 1.165) is 5.69 Å². The van der Waals surface area contributed by atoms with Crippen LogP contribution in [-0.4, -0.2) is 39.9 Å². The molecular weight excluding hydrogens is 452 g/mol. The largest absolute Gasteiger partial charge is 0.508 e. The van der Waals surface area contributed by atoms with Gasteiger partial charge in [0.15, 0.2) is 4.34 Å². The summed E-state index contributed by atoms with van der Waals surface area (Å²) in [6, 6.07) is 10.3. The number of aromatic hydroxyl groups is 1. The van der Waals surface area contributed by atoms with Crippen LogP contribution in [0.1, 0.15) is 32.8 Å². The van der Waals surface area contributed by atoms with Gasteiger partial charge in [0.25, 0.3) is 17.5 Å². The van der Waals surface area contributed by atoms with Crippen LogP contribution >= 0.6 is 23.1 Å². The Hall–Kier alpha value is -3.44. The third-order valence-electron chi connectivity index (χ3n) is 4.25. The average Bonchev–Trinajstić information content (AvgIpc) is 3.17. The van der Waals surface area contributed by atoms with Gasteiger partial charge in [0.05, 0.1) is 9.82 Å². The van der Waals surface area contributed by atoms with Crippen molar-refractivity contribution in [2.45, 2.75) is 22.6 Å². The third-order valence-corrected chi connectivity index (χ3v) is 6.37. The number of aromatic nitrogens is 1.